The fraction of sp³-hybridized carbons (Fsp3) is 0.222. The van der Waals surface area contributed by atoms with Gasteiger partial charge in [-0.3, -0.25) is 4.90 Å². The van der Waals surface area contributed by atoms with Crippen LogP contribution in [0.25, 0.3) is 0 Å². The van der Waals surface area contributed by atoms with E-state index in [0.717, 1.165) is 17.0 Å². The Balaban J connectivity index is 2.18. The van der Waals surface area contributed by atoms with Crippen molar-refractivity contribution in [3.05, 3.63) is 63.1 Å². The molecular formula is C18H14BrF2NO5. The molecular weight excluding hydrogens is 428 g/mol. The lowest BCUT2D eigenvalue weighted by Crippen LogP contribution is -2.40. The standard InChI is InChI=1S/C18H14BrF2NO5/c19-16-10-5-6-22(18(25)26)17(11(10)2-3-13(16)21)12-7-9(20)1-4-14(12)27-8-15(23)24/h1-4,7,17H,5-6,8H2,(H,23,24)(H,25,26). The van der Waals surface area contributed by atoms with Gasteiger partial charge in [-0.15, -0.1) is 0 Å². The van der Waals surface area contributed by atoms with Crippen LogP contribution in [0.3, 0.4) is 0 Å². The first-order valence-electron chi connectivity index (χ1n) is 7.90. The lowest BCUT2D eigenvalue weighted by Gasteiger charge is -2.36. The Bertz CT molecular complexity index is 921. The lowest BCUT2D eigenvalue weighted by molar-refractivity contribution is -0.139. The van der Waals surface area contributed by atoms with E-state index in [9.17, 15) is 23.5 Å². The molecule has 0 fully saturated rings. The maximum atomic E-state index is 13.9. The summed E-state index contributed by atoms with van der Waals surface area (Å²) < 4.78 is 33.3. The normalized spacial score (nSPS) is 16.0. The van der Waals surface area contributed by atoms with Crippen LogP contribution in [0.1, 0.15) is 22.7 Å². The fourth-order valence-corrected chi connectivity index (χ4v) is 3.75. The topological polar surface area (TPSA) is 87.1 Å². The second-order valence-corrected chi connectivity index (χ2v) is 6.72. The molecule has 3 rings (SSSR count). The minimum atomic E-state index is -1.24. The van der Waals surface area contributed by atoms with Crippen molar-refractivity contribution in [2.24, 2.45) is 0 Å². The number of carboxylic acids is 1. The van der Waals surface area contributed by atoms with Gasteiger partial charge in [0.15, 0.2) is 6.61 Å². The number of ether oxygens (including phenoxy) is 1. The van der Waals surface area contributed by atoms with Crippen LogP contribution in [0.5, 0.6) is 5.75 Å². The van der Waals surface area contributed by atoms with Crippen molar-refractivity contribution in [3.63, 3.8) is 0 Å². The minimum Gasteiger partial charge on any atom is -0.482 e. The molecule has 1 unspecified atom stereocenters. The number of hydrogen-bond acceptors (Lipinski definition) is 3. The summed E-state index contributed by atoms with van der Waals surface area (Å²) in [6.45, 7) is -0.609. The highest BCUT2D eigenvalue weighted by molar-refractivity contribution is 9.10. The van der Waals surface area contributed by atoms with E-state index in [-0.39, 0.29) is 28.8 Å². The van der Waals surface area contributed by atoms with Gasteiger partial charge in [-0.2, -0.15) is 0 Å². The molecule has 0 radical (unpaired) electrons. The Morgan fingerprint density at radius 3 is 2.59 bits per heavy atom. The number of fused-ring (bicyclic) bond motifs is 1. The Morgan fingerprint density at radius 1 is 1.19 bits per heavy atom. The van der Waals surface area contributed by atoms with Gasteiger partial charge in [-0.25, -0.2) is 18.4 Å². The summed E-state index contributed by atoms with van der Waals surface area (Å²) in [6, 6.07) is 5.11. The lowest BCUT2D eigenvalue weighted by atomic mass is 9.88. The van der Waals surface area contributed by atoms with E-state index in [1.165, 1.54) is 18.2 Å². The highest BCUT2D eigenvalue weighted by Crippen LogP contribution is 2.42. The van der Waals surface area contributed by atoms with E-state index in [1.54, 1.807) is 0 Å². The van der Waals surface area contributed by atoms with Crippen LogP contribution in [-0.4, -0.2) is 40.3 Å². The molecule has 0 spiro atoms. The van der Waals surface area contributed by atoms with Crippen molar-refractivity contribution in [2.45, 2.75) is 12.5 Å². The molecule has 27 heavy (non-hydrogen) atoms. The first-order valence-corrected chi connectivity index (χ1v) is 8.69. The number of benzene rings is 2. The van der Waals surface area contributed by atoms with Crippen LogP contribution in [0.15, 0.2) is 34.8 Å². The maximum Gasteiger partial charge on any atom is 0.408 e. The van der Waals surface area contributed by atoms with Gasteiger partial charge in [0, 0.05) is 12.1 Å². The summed E-state index contributed by atoms with van der Waals surface area (Å²) in [5.74, 6) is -2.30. The third kappa shape index (κ3) is 3.73. The average molecular weight is 442 g/mol. The number of aliphatic carboxylic acids is 1. The first kappa shape index (κ1) is 19.1. The van der Waals surface area contributed by atoms with Crippen LogP contribution in [0, 0.1) is 11.6 Å². The van der Waals surface area contributed by atoms with Gasteiger partial charge in [0.1, 0.15) is 17.4 Å². The summed E-state index contributed by atoms with van der Waals surface area (Å²) >= 11 is 3.18. The molecule has 0 bridgehead atoms. The monoisotopic (exact) mass is 441 g/mol. The van der Waals surface area contributed by atoms with Crippen LogP contribution < -0.4 is 4.74 Å². The molecule has 2 aromatic rings. The molecule has 0 aromatic heterocycles. The largest absolute Gasteiger partial charge is 0.482 e. The Morgan fingerprint density at radius 2 is 1.93 bits per heavy atom. The Hall–Kier alpha value is -2.68. The number of hydrogen-bond donors (Lipinski definition) is 2. The van der Waals surface area contributed by atoms with Crippen molar-refractivity contribution >= 4 is 28.0 Å². The van der Waals surface area contributed by atoms with E-state index in [4.69, 9.17) is 9.84 Å². The number of amides is 1. The van der Waals surface area contributed by atoms with Gasteiger partial charge in [-0.05, 0) is 57.7 Å². The molecule has 0 saturated heterocycles. The highest BCUT2D eigenvalue weighted by Gasteiger charge is 2.35. The van der Waals surface area contributed by atoms with Crippen molar-refractivity contribution in [1.29, 1.82) is 0 Å². The molecule has 2 N–H and O–H groups in total. The second kappa shape index (κ2) is 7.51. The molecule has 142 valence electrons. The zero-order chi connectivity index (χ0) is 19.7. The zero-order valence-corrected chi connectivity index (χ0v) is 15.4. The van der Waals surface area contributed by atoms with E-state index in [1.807, 2.05) is 0 Å². The predicted molar refractivity (Wildman–Crippen MR) is 93.9 cm³/mol. The van der Waals surface area contributed by atoms with Crippen molar-refractivity contribution in [1.82, 2.24) is 4.90 Å². The van der Waals surface area contributed by atoms with E-state index in [2.05, 4.69) is 15.9 Å². The summed E-state index contributed by atoms with van der Waals surface area (Å²) in [5.41, 5.74) is 1.20. The summed E-state index contributed by atoms with van der Waals surface area (Å²) in [7, 11) is 0. The molecule has 9 heteroatoms. The molecule has 0 aliphatic carbocycles. The highest BCUT2D eigenvalue weighted by atomic mass is 79.9. The van der Waals surface area contributed by atoms with Gasteiger partial charge in [0.25, 0.3) is 0 Å². The second-order valence-electron chi connectivity index (χ2n) is 5.92. The van der Waals surface area contributed by atoms with Crippen molar-refractivity contribution in [2.75, 3.05) is 13.2 Å². The molecule has 6 nitrogen and oxygen atoms in total. The smallest absolute Gasteiger partial charge is 0.408 e. The number of nitrogens with zero attached hydrogens (tertiary/aromatic N) is 1. The van der Waals surface area contributed by atoms with E-state index < -0.39 is 36.3 Å². The first-order chi connectivity index (χ1) is 12.8. The number of rotatable bonds is 4. The van der Waals surface area contributed by atoms with Gasteiger partial charge < -0.3 is 14.9 Å². The van der Waals surface area contributed by atoms with Crippen LogP contribution >= 0.6 is 15.9 Å². The number of halogens is 3. The maximum absolute atomic E-state index is 13.9. The predicted octanol–water partition coefficient (Wildman–Crippen LogP) is 3.82. The van der Waals surface area contributed by atoms with Gasteiger partial charge >= 0.3 is 12.1 Å². The van der Waals surface area contributed by atoms with E-state index in [0.29, 0.717) is 11.1 Å². The third-order valence-corrected chi connectivity index (χ3v) is 5.16. The minimum absolute atomic E-state index is 0.0448. The number of carbonyl (C=O) groups is 2. The van der Waals surface area contributed by atoms with Gasteiger partial charge in [0.2, 0.25) is 0 Å². The van der Waals surface area contributed by atoms with Crippen LogP contribution in [0.4, 0.5) is 13.6 Å². The molecule has 1 amide bonds. The Kier molecular flexibility index (Phi) is 5.31. The number of carboxylic acid groups (broad SMARTS) is 2. The Labute approximate surface area is 161 Å². The molecule has 0 saturated carbocycles. The fourth-order valence-electron chi connectivity index (χ4n) is 3.19. The quantitative estimate of drug-likeness (QED) is 0.752. The van der Waals surface area contributed by atoms with Gasteiger partial charge in [0.05, 0.1) is 10.5 Å². The van der Waals surface area contributed by atoms with Crippen molar-refractivity contribution < 1.29 is 33.3 Å². The molecule has 1 aliphatic rings. The van der Waals surface area contributed by atoms with Gasteiger partial charge in [-0.1, -0.05) is 6.07 Å². The molecule has 2 aromatic carbocycles. The molecule has 1 heterocycles. The molecule has 1 atom stereocenters. The van der Waals surface area contributed by atoms with Crippen molar-refractivity contribution in [3.8, 4) is 5.75 Å². The van der Waals surface area contributed by atoms with Crippen LogP contribution in [0.2, 0.25) is 0 Å². The summed E-state index contributed by atoms with van der Waals surface area (Å²) in [5, 5.41) is 18.5. The molecule has 1 aliphatic heterocycles. The third-order valence-electron chi connectivity index (χ3n) is 4.30. The summed E-state index contributed by atoms with van der Waals surface area (Å²) in [6.07, 6.45) is -0.962. The average Bonchev–Trinajstić information content (AvgIpc) is 2.62. The van der Waals surface area contributed by atoms with E-state index >= 15 is 0 Å². The SMILES string of the molecule is O=C(O)COc1ccc(F)cc1C1c2ccc(F)c(Br)c2CCN1C(=O)O. The van der Waals surface area contributed by atoms with Crippen LogP contribution in [-0.2, 0) is 11.2 Å². The zero-order valence-electron chi connectivity index (χ0n) is 13.8. The summed E-state index contributed by atoms with van der Waals surface area (Å²) in [4.78, 5) is 23.7.